The first-order chi connectivity index (χ1) is 16.9. The van der Waals surface area contributed by atoms with E-state index in [9.17, 15) is 13.6 Å². The third-order valence-corrected chi connectivity index (χ3v) is 5.46. The van der Waals surface area contributed by atoms with Crippen LogP contribution in [0.1, 0.15) is 5.56 Å². The van der Waals surface area contributed by atoms with E-state index in [1.54, 1.807) is 23.1 Å². The Morgan fingerprint density at radius 2 is 1.91 bits per heavy atom. The van der Waals surface area contributed by atoms with Crippen molar-refractivity contribution in [1.82, 2.24) is 9.97 Å². The molecule has 182 valence electrons. The second kappa shape index (κ2) is 11.1. The lowest BCUT2D eigenvalue weighted by Crippen LogP contribution is -2.37. The first-order valence-electron chi connectivity index (χ1n) is 10.8. The van der Waals surface area contributed by atoms with Crippen LogP contribution in [-0.2, 0) is 16.1 Å². The van der Waals surface area contributed by atoms with Gasteiger partial charge in [-0.2, -0.15) is 4.98 Å². The summed E-state index contributed by atoms with van der Waals surface area (Å²) in [6.45, 7) is 5.45. The monoisotopic (exact) mass is 500 g/mol. The Balaban J connectivity index is 1.45. The lowest BCUT2D eigenvalue weighted by molar-refractivity contribution is -0.111. The van der Waals surface area contributed by atoms with Crippen LogP contribution in [0.5, 0.6) is 0 Å². The highest BCUT2D eigenvalue weighted by molar-refractivity contribution is 6.32. The number of hydrogen-bond donors (Lipinski definition) is 3. The summed E-state index contributed by atoms with van der Waals surface area (Å²) in [4.78, 5) is 21.5. The van der Waals surface area contributed by atoms with Crippen molar-refractivity contribution < 1.29 is 18.3 Å². The van der Waals surface area contributed by atoms with E-state index in [2.05, 4.69) is 32.5 Å². The van der Waals surface area contributed by atoms with E-state index in [1.165, 1.54) is 24.4 Å². The van der Waals surface area contributed by atoms with Crippen LogP contribution in [0.2, 0.25) is 5.02 Å². The van der Waals surface area contributed by atoms with E-state index in [-0.39, 0.29) is 28.3 Å². The van der Waals surface area contributed by atoms with Gasteiger partial charge in [0, 0.05) is 31.0 Å². The Morgan fingerprint density at radius 3 is 2.63 bits per heavy atom. The zero-order valence-corrected chi connectivity index (χ0v) is 19.4. The van der Waals surface area contributed by atoms with Crippen LogP contribution in [0.4, 0.5) is 37.6 Å². The van der Waals surface area contributed by atoms with Crippen LogP contribution in [0.3, 0.4) is 0 Å². The Morgan fingerprint density at radius 1 is 1.17 bits per heavy atom. The maximum atomic E-state index is 14.7. The molecule has 8 nitrogen and oxygen atoms in total. The Kier molecular flexibility index (Phi) is 7.74. The van der Waals surface area contributed by atoms with Gasteiger partial charge in [-0.25, -0.2) is 13.8 Å². The lowest BCUT2D eigenvalue weighted by atomic mass is 10.2. The van der Waals surface area contributed by atoms with Gasteiger partial charge in [0.15, 0.2) is 17.5 Å². The number of ether oxygens (including phenoxy) is 1. The Hall–Kier alpha value is -3.76. The SMILES string of the molecule is C=CC(=O)Nc1cccc(CNc2nc(Nc3cc(F)c(N4CCOCC4)c(F)c3)ncc2Cl)c1. The summed E-state index contributed by atoms with van der Waals surface area (Å²) in [5.74, 6) is -1.25. The van der Waals surface area contributed by atoms with Crippen LogP contribution in [-0.4, -0.2) is 42.2 Å². The van der Waals surface area contributed by atoms with Gasteiger partial charge in [0.25, 0.3) is 0 Å². The molecule has 0 bridgehead atoms. The van der Waals surface area contributed by atoms with Crippen LogP contribution < -0.4 is 20.9 Å². The third-order valence-electron chi connectivity index (χ3n) is 5.18. The predicted molar refractivity (Wildman–Crippen MR) is 132 cm³/mol. The van der Waals surface area contributed by atoms with Gasteiger partial charge in [0.2, 0.25) is 11.9 Å². The summed E-state index contributed by atoms with van der Waals surface area (Å²) < 4.78 is 34.7. The van der Waals surface area contributed by atoms with E-state index in [0.717, 1.165) is 5.56 Å². The van der Waals surface area contributed by atoms with Crippen LogP contribution in [0, 0.1) is 11.6 Å². The van der Waals surface area contributed by atoms with Crippen molar-refractivity contribution in [3.63, 3.8) is 0 Å². The molecule has 2 aromatic carbocycles. The van der Waals surface area contributed by atoms with Crippen molar-refractivity contribution in [3.05, 3.63) is 77.5 Å². The molecule has 0 radical (unpaired) electrons. The molecule has 0 unspecified atom stereocenters. The number of amides is 1. The maximum Gasteiger partial charge on any atom is 0.247 e. The molecule has 3 aromatic rings. The van der Waals surface area contributed by atoms with Gasteiger partial charge in [-0.1, -0.05) is 30.3 Å². The van der Waals surface area contributed by atoms with E-state index in [0.29, 0.717) is 44.4 Å². The second-order valence-electron chi connectivity index (χ2n) is 7.65. The van der Waals surface area contributed by atoms with Gasteiger partial charge in [-0.15, -0.1) is 0 Å². The summed E-state index contributed by atoms with van der Waals surface area (Å²) >= 11 is 6.22. The number of benzene rings is 2. The summed E-state index contributed by atoms with van der Waals surface area (Å²) in [5, 5.41) is 8.88. The van der Waals surface area contributed by atoms with E-state index in [4.69, 9.17) is 16.3 Å². The van der Waals surface area contributed by atoms with Crippen molar-refractivity contribution in [2.24, 2.45) is 0 Å². The minimum absolute atomic E-state index is 0.0789. The molecule has 1 amide bonds. The third kappa shape index (κ3) is 6.23. The predicted octanol–water partition coefficient (Wildman–Crippen LogP) is 4.73. The number of anilines is 5. The molecule has 1 aliphatic rings. The molecule has 1 saturated heterocycles. The number of rotatable bonds is 8. The van der Waals surface area contributed by atoms with Crippen molar-refractivity contribution in [2.75, 3.05) is 47.2 Å². The highest BCUT2D eigenvalue weighted by atomic mass is 35.5. The average molecular weight is 501 g/mol. The minimum Gasteiger partial charge on any atom is -0.378 e. The molecule has 2 heterocycles. The Bertz CT molecular complexity index is 1210. The van der Waals surface area contributed by atoms with Crippen LogP contribution in [0.15, 0.2) is 55.3 Å². The number of carbonyl (C=O) groups excluding carboxylic acids is 1. The molecule has 0 atom stereocenters. The fourth-order valence-electron chi connectivity index (χ4n) is 3.55. The summed E-state index contributed by atoms with van der Waals surface area (Å²) in [6, 6.07) is 9.61. The molecular formula is C24H23ClF2N6O2. The van der Waals surface area contributed by atoms with Crippen LogP contribution in [0.25, 0.3) is 0 Å². The van der Waals surface area contributed by atoms with Gasteiger partial charge in [-0.05, 0) is 35.9 Å². The fraction of sp³-hybridized carbons (Fsp3) is 0.208. The normalized spacial score (nSPS) is 13.3. The molecule has 35 heavy (non-hydrogen) atoms. The van der Waals surface area contributed by atoms with Gasteiger partial charge in [0.05, 0.1) is 19.4 Å². The highest BCUT2D eigenvalue weighted by Gasteiger charge is 2.20. The summed E-state index contributed by atoms with van der Waals surface area (Å²) in [6.07, 6.45) is 2.57. The number of carbonyl (C=O) groups is 1. The molecule has 3 N–H and O–H groups in total. The zero-order valence-electron chi connectivity index (χ0n) is 18.7. The smallest absolute Gasteiger partial charge is 0.247 e. The van der Waals surface area contributed by atoms with E-state index >= 15 is 0 Å². The number of hydrogen-bond acceptors (Lipinski definition) is 7. The fourth-order valence-corrected chi connectivity index (χ4v) is 3.70. The van der Waals surface area contributed by atoms with Crippen molar-refractivity contribution in [2.45, 2.75) is 6.54 Å². The van der Waals surface area contributed by atoms with Crippen molar-refractivity contribution in [1.29, 1.82) is 0 Å². The number of morpholine rings is 1. The molecule has 0 spiro atoms. The molecule has 0 saturated carbocycles. The largest absolute Gasteiger partial charge is 0.378 e. The standard InChI is InChI=1S/C24H23ClF2N6O2/c1-2-21(34)30-16-5-3-4-15(10-16)13-28-23-18(25)14-29-24(32-23)31-17-11-19(26)22(20(27)12-17)33-6-8-35-9-7-33/h2-5,10-12,14H,1,6-9,13H2,(H,30,34)(H2,28,29,31,32). The van der Waals surface area contributed by atoms with Crippen LogP contribution >= 0.6 is 11.6 Å². The zero-order chi connectivity index (χ0) is 24.8. The second-order valence-corrected chi connectivity index (χ2v) is 8.06. The van der Waals surface area contributed by atoms with E-state index in [1.807, 2.05) is 6.07 Å². The average Bonchev–Trinajstić information content (AvgIpc) is 2.85. The summed E-state index contributed by atoms with van der Waals surface area (Å²) in [7, 11) is 0. The number of aromatic nitrogens is 2. The molecule has 1 aliphatic heterocycles. The number of nitrogens with zero attached hydrogens (tertiary/aromatic N) is 3. The van der Waals surface area contributed by atoms with E-state index < -0.39 is 11.6 Å². The highest BCUT2D eigenvalue weighted by Crippen LogP contribution is 2.29. The molecule has 0 aliphatic carbocycles. The molecule has 4 rings (SSSR count). The van der Waals surface area contributed by atoms with Crippen molar-refractivity contribution in [3.8, 4) is 0 Å². The first kappa shape index (κ1) is 24.4. The minimum atomic E-state index is -0.690. The molecule has 1 aromatic heterocycles. The Labute approximate surface area is 206 Å². The molecular weight excluding hydrogens is 478 g/mol. The van der Waals surface area contributed by atoms with Crippen molar-refractivity contribution >= 4 is 46.3 Å². The van der Waals surface area contributed by atoms with Gasteiger partial charge in [0.1, 0.15) is 10.7 Å². The molecule has 1 fully saturated rings. The first-order valence-corrected chi connectivity index (χ1v) is 11.2. The lowest BCUT2D eigenvalue weighted by Gasteiger charge is -2.29. The van der Waals surface area contributed by atoms with Gasteiger partial charge < -0.3 is 25.6 Å². The van der Waals surface area contributed by atoms with Gasteiger partial charge in [-0.3, -0.25) is 4.79 Å². The number of halogens is 3. The quantitative estimate of drug-likeness (QED) is 0.385. The van der Waals surface area contributed by atoms with Gasteiger partial charge >= 0.3 is 0 Å². The number of nitrogens with one attached hydrogen (secondary N) is 3. The maximum absolute atomic E-state index is 14.7. The topological polar surface area (TPSA) is 91.4 Å². The summed E-state index contributed by atoms with van der Waals surface area (Å²) in [5.41, 5.74) is 1.56. The molecule has 11 heteroatoms.